The van der Waals surface area contributed by atoms with Crippen molar-refractivity contribution in [2.24, 2.45) is 5.10 Å². The van der Waals surface area contributed by atoms with Gasteiger partial charge in [0.15, 0.2) is 16.9 Å². The zero-order valence-corrected chi connectivity index (χ0v) is 21.0. The van der Waals surface area contributed by atoms with Gasteiger partial charge in [-0.15, -0.1) is 0 Å². The minimum atomic E-state index is -0.312. The van der Waals surface area contributed by atoms with E-state index < -0.39 is 0 Å². The van der Waals surface area contributed by atoms with E-state index in [1.54, 1.807) is 18.3 Å². The van der Waals surface area contributed by atoms with E-state index in [9.17, 15) is 9.59 Å². The molecule has 4 aromatic carbocycles. The van der Waals surface area contributed by atoms with Crippen LogP contribution >= 0.6 is 0 Å². The van der Waals surface area contributed by atoms with Crippen molar-refractivity contribution >= 4 is 33.9 Å². The molecule has 0 saturated heterocycles. The maximum Gasteiger partial charge on any atom is 0.260 e. The summed E-state index contributed by atoms with van der Waals surface area (Å²) < 4.78 is 13.6. The number of ether oxygens (including phenoxy) is 2. The van der Waals surface area contributed by atoms with Gasteiger partial charge in [0.2, 0.25) is 0 Å². The molecule has 0 fully saturated rings. The molecule has 0 atom stereocenters. The van der Waals surface area contributed by atoms with Crippen LogP contribution in [0.3, 0.4) is 0 Å². The second kappa shape index (κ2) is 11.4. The highest BCUT2D eigenvalue weighted by atomic mass is 16.5. The molecule has 0 unspecified atom stereocenters. The standard InChI is InChI=1S/C31H27N3O4/c1-2-37-29-18-23(16-17-28(29)38-21-22-10-4-3-5-11-22)19-32-33-30(35)20-34-26-14-8-6-12-24(26)31(36)25-13-7-9-15-27(25)34/h3-19H,2,20-21H2,1H3,(H,33,35)/b32-19-. The van der Waals surface area contributed by atoms with Crippen LogP contribution in [0.15, 0.2) is 107 Å². The van der Waals surface area contributed by atoms with Crippen LogP contribution < -0.4 is 20.3 Å². The van der Waals surface area contributed by atoms with E-state index in [2.05, 4.69) is 10.5 Å². The highest BCUT2D eigenvalue weighted by Gasteiger charge is 2.12. The lowest BCUT2D eigenvalue weighted by Crippen LogP contribution is -2.25. The minimum absolute atomic E-state index is 0.00903. The van der Waals surface area contributed by atoms with Gasteiger partial charge in [-0.1, -0.05) is 54.6 Å². The van der Waals surface area contributed by atoms with Crippen molar-refractivity contribution in [3.8, 4) is 11.5 Å². The van der Waals surface area contributed by atoms with Crippen molar-refractivity contribution in [1.29, 1.82) is 0 Å². The van der Waals surface area contributed by atoms with Crippen LogP contribution in [0.25, 0.3) is 21.8 Å². The molecule has 0 saturated carbocycles. The van der Waals surface area contributed by atoms with Crippen molar-refractivity contribution in [2.45, 2.75) is 20.1 Å². The molecule has 0 spiro atoms. The summed E-state index contributed by atoms with van der Waals surface area (Å²) in [5.41, 5.74) is 5.75. The van der Waals surface area contributed by atoms with Crippen molar-refractivity contribution in [2.75, 3.05) is 6.61 Å². The number of aromatic nitrogens is 1. The van der Waals surface area contributed by atoms with Gasteiger partial charge in [-0.3, -0.25) is 9.59 Å². The molecule has 7 heteroatoms. The second-order valence-electron chi connectivity index (χ2n) is 8.66. The normalized spacial score (nSPS) is 11.2. The molecule has 0 aliphatic carbocycles. The lowest BCUT2D eigenvalue weighted by molar-refractivity contribution is -0.121. The van der Waals surface area contributed by atoms with Crippen molar-refractivity contribution in [1.82, 2.24) is 9.99 Å². The van der Waals surface area contributed by atoms with Gasteiger partial charge in [0, 0.05) is 10.8 Å². The predicted octanol–water partition coefficient (Wildman–Crippen LogP) is 5.28. The maximum atomic E-state index is 12.9. The number of hydrazone groups is 1. The smallest absolute Gasteiger partial charge is 0.260 e. The fourth-order valence-electron chi connectivity index (χ4n) is 4.33. The van der Waals surface area contributed by atoms with E-state index in [0.717, 1.165) is 11.1 Å². The Morgan fingerprint density at radius 3 is 2.18 bits per heavy atom. The van der Waals surface area contributed by atoms with E-state index in [0.29, 0.717) is 46.5 Å². The number of para-hydroxylation sites is 2. The summed E-state index contributed by atoms with van der Waals surface area (Å²) in [7, 11) is 0. The lowest BCUT2D eigenvalue weighted by Gasteiger charge is -2.14. The summed E-state index contributed by atoms with van der Waals surface area (Å²) in [4.78, 5) is 25.8. The molecule has 1 amide bonds. The molecule has 1 N–H and O–H groups in total. The predicted molar refractivity (Wildman–Crippen MR) is 150 cm³/mol. The Balaban J connectivity index is 1.31. The molecule has 5 rings (SSSR count). The number of hydrogen-bond donors (Lipinski definition) is 1. The number of hydrogen-bond acceptors (Lipinski definition) is 5. The molecule has 38 heavy (non-hydrogen) atoms. The van der Waals surface area contributed by atoms with Crippen molar-refractivity contribution in [3.05, 3.63) is 118 Å². The highest BCUT2D eigenvalue weighted by Crippen LogP contribution is 2.29. The van der Waals surface area contributed by atoms with E-state index in [4.69, 9.17) is 9.47 Å². The number of nitrogens with one attached hydrogen (secondary N) is 1. The summed E-state index contributed by atoms with van der Waals surface area (Å²) in [5.74, 6) is 0.923. The van der Waals surface area contributed by atoms with Gasteiger partial charge in [0.25, 0.3) is 5.91 Å². The van der Waals surface area contributed by atoms with Crippen LogP contribution in [0, 0.1) is 0 Å². The van der Waals surface area contributed by atoms with Crippen LogP contribution in [0.2, 0.25) is 0 Å². The molecule has 1 heterocycles. The maximum absolute atomic E-state index is 12.9. The van der Waals surface area contributed by atoms with E-state index in [1.165, 1.54) is 0 Å². The first-order valence-electron chi connectivity index (χ1n) is 12.4. The zero-order chi connectivity index (χ0) is 26.3. The summed E-state index contributed by atoms with van der Waals surface area (Å²) in [5, 5.41) is 5.28. The SMILES string of the molecule is CCOc1cc(/C=N\NC(=O)Cn2c3ccccc3c(=O)c3ccccc32)ccc1OCc1ccccc1. The zero-order valence-electron chi connectivity index (χ0n) is 21.0. The molecule has 0 radical (unpaired) electrons. The Morgan fingerprint density at radius 1 is 0.842 bits per heavy atom. The van der Waals surface area contributed by atoms with Gasteiger partial charge in [0.05, 0.1) is 23.9 Å². The van der Waals surface area contributed by atoms with Gasteiger partial charge in [-0.2, -0.15) is 5.10 Å². The average Bonchev–Trinajstić information content (AvgIpc) is 2.95. The fourth-order valence-corrected chi connectivity index (χ4v) is 4.33. The molecule has 190 valence electrons. The Bertz CT molecular complexity index is 1620. The molecular weight excluding hydrogens is 478 g/mol. The topological polar surface area (TPSA) is 81.9 Å². The number of fused-ring (bicyclic) bond motifs is 2. The number of nitrogens with zero attached hydrogens (tertiary/aromatic N) is 2. The number of carbonyl (C=O) groups excluding carboxylic acids is 1. The first kappa shape index (κ1) is 24.8. The number of rotatable bonds is 9. The van der Waals surface area contributed by atoms with Gasteiger partial charge < -0.3 is 14.0 Å². The van der Waals surface area contributed by atoms with Crippen molar-refractivity contribution in [3.63, 3.8) is 0 Å². The molecule has 0 aliphatic heterocycles. The Kier molecular flexibility index (Phi) is 7.45. The third kappa shape index (κ3) is 5.42. The van der Waals surface area contributed by atoms with Crippen LogP contribution in [0.1, 0.15) is 18.1 Å². The van der Waals surface area contributed by atoms with E-state index >= 15 is 0 Å². The Labute approximate surface area is 219 Å². The summed E-state index contributed by atoms with van der Waals surface area (Å²) >= 11 is 0. The molecule has 0 aliphatic rings. The average molecular weight is 506 g/mol. The first-order valence-corrected chi connectivity index (χ1v) is 12.4. The van der Waals surface area contributed by atoms with Gasteiger partial charge in [0.1, 0.15) is 13.2 Å². The van der Waals surface area contributed by atoms with Crippen LogP contribution in [0.5, 0.6) is 11.5 Å². The third-order valence-corrected chi connectivity index (χ3v) is 6.09. The summed E-state index contributed by atoms with van der Waals surface area (Å²) in [6, 6.07) is 30.0. The highest BCUT2D eigenvalue weighted by molar-refractivity contribution is 5.95. The van der Waals surface area contributed by atoms with Gasteiger partial charge >= 0.3 is 0 Å². The molecular formula is C31H27N3O4. The van der Waals surface area contributed by atoms with E-state index in [-0.39, 0.29) is 17.9 Å². The number of carbonyl (C=O) groups is 1. The number of amides is 1. The largest absolute Gasteiger partial charge is 0.490 e. The fraction of sp³-hybridized carbons (Fsp3) is 0.129. The number of benzene rings is 4. The Hall–Kier alpha value is -4.91. The van der Waals surface area contributed by atoms with Crippen LogP contribution in [0.4, 0.5) is 0 Å². The monoisotopic (exact) mass is 505 g/mol. The van der Waals surface area contributed by atoms with Crippen molar-refractivity contribution < 1.29 is 14.3 Å². The Morgan fingerprint density at radius 2 is 1.50 bits per heavy atom. The molecule has 1 aromatic heterocycles. The first-order chi connectivity index (χ1) is 18.6. The van der Waals surface area contributed by atoms with Crippen LogP contribution in [-0.4, -0.2) is 23.3 Å². The van der Waals surface area contributed by atoms with Gasteiger partial charge in [-0.25, -0.2) is 5.43 Å². The molecule has 5 aromatic rings. The number of pyridine rings is 1. The minimum Gasteiger partial charge on any atom is -0.490 e. The quantitative estimate of drug-likeness (QED) is 0.168. The van der Waals surface area contributed by atoms with Gasteiger partial charge in [-0.05, 0) is 60.5 Å². The van der Waals surface area contributed by atoms with Crippen LogP contribution in [-0.2, 0) is 17.9 Å². The second-order valence-corrected chi connectivity index (χ2v) is 8.66. The summed E-state index contributed by atoms with van der Waals surface area (Å²) in [6.45, 7) is 2.83. The summed E-state index contributed by atoms with van der Waals surface area (Å²) in [6.07, 6.45) is 1.56. The van der Waals surface area contributed by atoms with E-state index in [1.807, 2.05) is 96.4 Å². The lowest BCUT2D eigenvalue weighted by atomic mass is 10.1. The molecule has 7 nitrogen and oxygen atoms in total. The third-order valence-electron chi connectivity index (χ3n) is 6.09. The molecule has 0 bridgehead atoms.